The highest BCUT2D eigenvalue weighted by atomic mass is 32.1. The van der Waals surface area contributed by atoms with Crippen LogP contribution in [-0.2, 0) is 6.54 Å². The minimum absolute atomic E-state index is 0.615. The topological polar surface area (TPSA) is 47.0 Å². The molecule has 0 aromatic carbocycles. The maximum Gasteiger partial charge on any atom is 0.214 e. The van der Waals surface area contributed by atoms with Crippen molar-refractivity contribution in [3.8, 4) is 5.88 Å². The molecule has 2 rings (SSSR count). The van der Waals surface area contributed by atoms with Gasteiger partial charge in [-0.2, -0.15) is 0 Å². The van der Waals surface area contributed by atoms with Crippen molar-refractivity contribution in [3.05, 3.63) is 34.9 Å². The Hall–Kier alpha value is -1.62. The Kier molecular flexibility index (Phi) is 3.14. The fraction of sp³-hybridized carbons (Fsp3) is 0.200. The predicted octanol–water partition coefficient (Wildman–Crippen LogP) is 2.16. The van der Waals surface area contributed by atoms with E-state index in [2.05, 4.69) is 15.3 Å². The second kappa shape index (κ2) is 4.75. The van der Waals surface area contributed by atoms with Crippen LogP contribution in [0.15, 0.2) is 30.0 Å². The molecule has 2 aromatic rings. The minimum atomic E-state index is 0.615. The number of aromatic nitrogens is 2. The van der Waals surface area contributed by atoms with E-state index in [0.29, 0.717) is 5.88 Å². The van der Waals surface area contributed by atoms with Crippen LogP contribution in [0.1, 0.15) is 4.88 Å². The van der Waals surface area contributed by atoms with E-state index in [-0.39, 0.29) is 0 Å². The Morgan fingerprint density at radius 1 is 1.53 bits per heavy atom. The van der Waals surface area contributed by atoms with Crippen LogP contribution in [0.5, 0.6) is 5.88 Å². The van der Waals surface area contributed by atoms with E-state index >= 15 is 0 Å². The van der Waals surface area contributed by atoms with Gasteiger partial charge in [0.05, 0.1) is 19.2 Å². The van der Waals surface area contributed by atoms with Gasteiger partial charge in [-0.05, 0) is 6.07 Å². The van der Waals surface area contributed by atoms with Gasteiger partial charge in [-0.25, -0.2) is 4.98 Å². The summed E-state index contributed by atoms with van der Waals surface area (Å²) in [5.74, 6) is 0.615. The van der Waals surface area contributed by atoms with Crippen molar-refractivity contribution >= 4 is 17.0 Å². The number of nitrogens with zero attached hydrogens (tertiary/aromatic N) is 2. The molecule has 78 valence electrons. The van der Waals surface area contributed by atoms with Gasteiger partial charge < -0.3 is 10.1 Å². The van der Waals surface area contributed by atoms with Crippen LogP contribution in [-0.4, -0.2) is 17.1 Å². The molecular formula is C10H11N3OS. The van der Waals surface area contributed by atoms with Gasteiger partial charge in [0.25, 0.3) is 0 Å². The predicted molar refractivity (Wildman–Crippen MR) is 60.2 cm³/mol. The fourth-order valence-electron chi connectivity index (χ4n) is 1.15. The Morgan fingerprint density at radius 2 is 2.47 bits per heavy atom. The third-order valence-electron chi connectivity index (χ3n) is 1.89. The first-order valence-electron chi connectivity index (χ1n) is 4.50. The lowest BCUT2D eigenvalue weighted by Crippen LogP contribution is -1.98. The molecule has 4 nitrogen and oxygen atoms in total. The molecule has 0 unspecified atom stereocenters. The van der Waals surface area contributed by atoms with Crippen molar-refractivity contribution in [2.45, 2.75) is 6.54 Å². The molecule has 0 saturated carbocycles. The minimum Gasteiger partial charge on any atom is -0.481 e. The third kappa shape index (κ3) is 2.66. The van der Waals surface area contributed by atoms with Crippen molar-refractivity contribution in [1.29, 1.82) is 0 Å². The highest BCUT2D eigenvalue weighted by Gasteiger charge is 1.97. The summed E-state index contributed by atoms with van der Waals surface area (Å²) in [6, 6.07) is 3.77. The Balaban J connectivity index is 1.98. The summed E-state index contributed by atoms with van der Waals surface area (Å²) in [5.41, 5.74) is 2.82. The summed E-state index contributed by atoms with van der Waals surface area (Å²) < 4.78 is 5.03. The molecule has 0 saturated heterocycles. The number of methoxy groups -OCH3 is 1. The second-order valence-electron chi connectivity index (χ2n) is 2.91. The second-order valence-corrected chi connectivity index (χ2v) is 3.88. The summed E-state index contributed by atoms with van der Waals surface area (Å²) in [5, 5.41) is 3.27. The molecular weight excluding hydrogens is 210 g/mol. The van der Waals surface area contributed by atoms with E-state index in [0.717, 1.165) is 12.2 Å². The maximum atomic E-state index is 5.03. The quantitative estimate of drug-likeness (QED) is 0.859. The van der Waals surface area contributed by atoms with Crippen LogP contribution in [0, 0.1) is 0 Å². The summed E-state index contributed by atoms with van der Waals surface area (Å²) in [4.78, 5) is 9.24. The molecule has 0 bridgehead atoms. The SMILES string of the molecule is COc1cc(NCc2cncs2)ccn1. The first-order chi connectivity index (χ1) is 7.38. The number of pyridine rings is 1. The lowest BCUT2D eigenvalue weighted by atomic mass is 10.4. The average Bonchev–Trinajstić information content (AvgIpc) is 2.79. The van der Waals surface area contributed by atoms with Gasteiger partial charge in [0.1, 0.15) is 0 Å². The van der Waals surface area contributed by atoms with Crippen LogP contribution in [0.2, 0.25) is 0 Å². The van der Waals surface area contributed by atoms with Crippen LogP contribution in [0.25, 0.3) is 0 Å². The van der Waals surface area contributed by atoms with E-state index < -0.39 is 0 Å². The molecule has 0 aliphatic rings. The van der Waals surface area contributed by atoms with Gasteiger partial charge >= 0.3 is 0 Å². The average molecular weight is 221 g/mol. The number of nitrogens with one attached hydrogen (secondary N) is 1. The number of thiazole rings is 1. The molecule has 0 radical (unpaired) electrons. The van der Waals surface area contributed by atoms with E-state index in [1.54, 1.807) is 24.6 Å². The van der Waals surface area contributed by atoms with Gasteiger partial charge in [-0.3, -0.25) is 4.98 Å². The smallest absolute Gasteiger partial charge is 0.214 e. The molecule has 0 aliphatic carbocycles. The molecule has 2 heterocycles. The Bertz CT molecular complexity index is 416. The molecule has 0 amide bonds. The first kappa shape index (κ1) is 9.92. The first-order valence-corrected chi connectivity index (χ1v) is 5.38. The summed E-state index contributed by atoms with van der Waals surface area (Å²) in [7, 11) is 1.61. The number of rotatable bonds is 4. The molecule has 1 N–H and O–H groups in total. The highest BCUT2D eigenvalue weighted by molar-refractivity contribution is 7.09. The lowest BCUT2D eigenvalue weighted by Gasteiger charge is -2.05. The van der Waals surface area contributed by atoms with E-state index in [1.165, 1.54) is 4.88 Å². The van der Waals surface area contributed by atoms with Gasteiger partial charge in [0.2, 0.25) is 5.88 Å². The highest BCUT2D eigenvalue weighted by Crippen LogP contribution is 2.15. The zero-order valence-corrected chi connectivity index (χ0v) is 9.12. The van der Waals surface area contributed by atoms with Gasteiger partial charge in [-0.15, -0.1) is 11.3 Å². The van der Waals surface area contributed by atoms with Gasteiger partial charge in [-0.1, -0.05) is 0 Å². The van der Waals surface area contributed by atoms with E-state index in [1.807, 2.05) is 23.8 Å². The molecule has 2 aromatic heterocycles. The van der Waals surface area contributed by atoms with E-state index in [9.17, 15) is 0 Å². The fourth-order valence-corrected chi connectivity index (χ4v) is 1.68. The number of hydrogen-bond acceptors (Lipinski definition) is 5. The van der Waals surface area contributed by atoms with Crippen molar-refractivity contribution in [3.63, 3.8) is 0 Å². The summed E-state index contributed by atoms with van der Waals surface area (Å²) in [6.45, 7) is 0.776. The molecule has 0 spiro atoms. The summed E-state index contributed by atoms with van der Waals surface area (Å²) >= 11 is 1.63. The molecule has 5 heteroatoms. The molecule has 15 heavy (non-hydrogen) atoms. The molecule has 0 atom stereocenters. The number of hydrogen-bond donors (Lipinski definition) is 1. The van der Waals surface area contributed by atoms with Crippen LogP contribution in [0.4, 0.5) is 5.69 Å². The normalized spacial score (nSPS) is 9.93. The Labute approximate surface area is 92.0 Å². The van der Waals surface area contributed by atoms with Crippen molar-refractivity contribution in [2.75, 3.05) is 12.4 Å². The molecule has 0 aliphatic heterocycles. The zero-order chi connectivity index (χ0) is 10.5. The van der Waals surface area contributed by atoms with Crippen molar-refractivity contribution in [1.82, 2.24) is 9.97 Å². The maximum absolute atomic E-state index is 5.03. The van der Waals surface area contributed by atoms with Crippen molar-refractivity contribution < 1.29 is 4.74 Å². The van der Waals surface area contributed by atoms with Crippen LogP contribution in [0.3, 0.4) is 0 Å². The molecule has 0 fully saturated rings. The van der Waals surface area contributed by atoms with Crippen molar-refractivity contribution in [2.24, 2.45) is 0 Å². The standard InChI is InChI=1S/C10H11N3OS/c1-14-10-4-8(2-3-12-10)13-6-9-5-11-7-15-9/h2-5,7H,6H2,1H3,(H,12,13). The lowest BCUT2D eigenvalue weighted by molar-refractivity contribution is 0.398. The zero-order valence-electron chi connectivity index (χ0n) is 8.30. The number of anilines is 1. The van der Waals surface area contributed by atoms with E-state index in [4.69, 9.17) is 4.74 Å². The largest absolute Gasteiger partial charge is 0.481 e. The summed E-state index contributed by atoms with van der Waals surface area (Å²) in [6.07, 6.45) is 3.57. The monoisotopic (exact) mass is 221 g/mol. The van der Waals surface area contributed by atoms with Crippen LogP contribution < -0.4 is 10.1 Å². The van der Waals surface area contributed by atoms with Gasteiger partial charge in [0.15, 0.2) is 0 Å². The Morgan fingerprint density at radius 3 is 3.20 bits per heavy atom. The van der Waals surface area contributed by atoms with Gasteiger partial charge in [0, 0.05) is 29.0 Å². The van der Waals surface area contributed by atoms with Crippen LogP contribution >= 0.6 is 11.3 Å². The number of ether oxygens (including phenoxy) is 1. The third-order valence-corrected chi connectivity index (χ3v) is 2.67.